The van der Waals surface area contributed by atoms with Crippen molar-refractivity contribution >= 4 is 49.9 Å². The maximum Gasteiger partial charge on any atom is 0.435 e. The Kier molecular flexibility index (Phi) is 8.94. The van der Waals surface area contributed by atoms with Crippen LogP contribution in [0.3, 0.4) is 0 Å². The van der Waals surface area contributed by atoms with E-state index >= 15 is 0 Å². The van der Waals surface area contributed by atoms with Gasteiger partial charge in [-0.1, -0.05) is 18.2 Å². The molecular weight excluding hydrogens is 648 g/mol. The number of sulfone groups is 1. The summed E-state index contributed by atoms with van der Waals surface area (Å²) in [5.41, 5.74) is -8.21. The Morgan fingerprint density at radius 2 is 1.54 bits per heavy atom. The van der Waals surface area contributed by atoms with Crippen LogP contribution in [-0.2, 0) is 15.5 Å². The molecule has 1 atom stereocenters. The van der Waals surface area contributed by atoms with Crippen LogP contribution in [0.4, 0.5) is 36.4 Å². The maximum absolute atomic E-state index is 14.4. The number of hydrogen-bond donors (Lipinski definition) is 2. The molecule has 0 fully saturated rings. The molecule has 0 aliphatic heterocycles. The van der Waals surface area contributed by atoms with E-state index in [-0.39, 0.29) is 34.2 Å². The quantitative estimate of drug-likeness (QED) is 0.310. The third-order valence-electron chi connectivity index (χ3n) is 5.07. The number of hydrogen-bond acceptors (Lipinski definition) is 4. The third-order valence-corrected chi connectivity index (χ3v) is 7.07. The van der Waals surface area contributed by atoms with Crippen LogP contribution in [0, 0.1) is 10.5 Å². The summed E-state index contributed by atoms with van der Waals surface area (Å²) in [4.78, 5) is 25.7. The summed E-state index contributed by atoms with van der Waals surface area (Å²) >= 11 is 1.76. The van der Waals surface area contributed by atoms with Crippen LogP contribution in [-0.4, -0.2) is 50.6 Å². The Bertz CT molecular complexity index is 1300. The molecule has 2 N–H and O–H groups in total. The summed E-state index contributed by atoms with van der Waals surface area (Å²) in [5, 5.41) is 4.75. The van der Waals surface area contributed by atoms with Crippen molar-refractivity contribution in [2.24, 2.45) is 0 Å². The van der Waals surface area contributed by atoms with Crippen LogP contribution in [0.1, 0.15) is 38.8 Å². The molecule has 0 heterocycles. The highest BCUT2D eigenvalue weighted by Crippen LogP contribution is 2.53. The molecule has 2 aromatic carbocycles. The SMILES string of the molecule is Cc1cc(C(F)(C(F)(F)F)C(F)(F)F)ccc1NC(=O)c1cccc(I)c1C(=O)N[C@@H](C)CS(C)(=O)=O. The Morgan fingerprint density at radius 1 is 0.973 bits per heavy atom. The van der Waals surface area contributed by atoms with Gasteiger partial charge in [0.1, 0.15) is 9.84 Å². The van der Waals surface area contributed by atoms with E-state index in [1.807, 2.05) is 0 Å². The average Bonchev–Trinajstić information content (AvgIpc) is 2.71. The first-order valence-electron chi connectivity index (χ1n) is 10.2. The predicted octanol–water partition coefficient (Wildman–Crippen LogP) is 5.30. The summed E-state index contributed by atoms with van der Waals surface area (Å²) in [7, 11) is -3.43. The van der Waals surface area contributed by atoms with E-state index in [0.29, 0.717) is 15.7 Å². The van der Waals surface area contributed by atoms with E-state index in [2.05, 4.69) is 10.6 Å². The van der Waals surface area contributed by atoms with Gasteiger partial charge in [0.2, 0.25) is 0 Å². The van der Waals surface area contributed by atoms with E-state index in [0.717, 1.165) is 13.2 Å². The minimum atomic E-state index is -6.29. The van der Waals surface area contributed by atoms with Crippen LogP contribution in [0.15, 0.2) is 36.4 Å². The molecular formula is C22H20F7IN2O4S. The fraction of sp³-hybridized carbons (Fsp3) is 0.364. The topological polar surface area (TPSA) is 92.3 Å². The molecule has 2 amide bonds. The van der Waals surface area contributed by atoms with Gasteiger partial charge < -0.3 is 10.6 Å². The molecule has 0 saturated carbocycles. The Labute approximate surface area is 221 Å². The Balaban J connectivity index is 2.40. The fourth-order valence-corrected chi connectivity index (χ4v) is 5.17. The largest absolute Gasteiger partial charge is 0.435 e. The molecule has 0 unspecified atom stereocenters. The number of nitrogens with one attached hydrogen (secondary N) is 2. The molecule has 204 valence electrons. The number of halogens is 8. The van der Waals surface area contributed by atoms with Gasteiger partial charge in [0, 0.05) is 27.1 Å². The normalized spacial score (nSPS) is 13.7. The van der Waals surface area contributed by atoms with Gasteiger partial charge in [-0.15, -0.1) is 0 Å². The second kappa shape index (κ2) is 10.7. The molecule has 0 aromatic heterocycles. The number of benzene rings is 2. The highest BCUT2D eigenvalue weighted by atomic mass is 127. The second-order valence-corrected chi connectivity index (χ2v) is 11.6. The first-order valence-corrected chi connectivity index (χ1v) is 13.3. The number of rotatable bonds is 7. The minimum absolute atomic E-state index is 0.132. The highest BCUT2D eigenvalue weighted by Gasteiger charge is 2.73. The van der Waals surface area contributed by atoms with E-state index in [1.54, 1.807) is 22.6 Å². The van der Waals surface area contributed by atoms with E-state index < -0.39 is 51.3 Å². The van der Waals surface area contributed by atoms with Crippen LogP contribution >= 0.6 is 22.6 Å². The van der Waals surface area contributed by atoms with E-state index in [9.17, 15) is 48.7 Å². The number of anilines is 1. The predicted molar refractivity (Wildman–Crippen MR) is 130 cm³/mol. The highest BCUT2D eigenvalue weighted by molar-refractivity contribution is 14.1. The zero-order valence-corrected chi connectivity index (χ0v) is 22.3. The zero-order valence-electron chi connectivity index (χ0n) is 19.3. The second-order valence-electron chi connectivity index (χ2n) is 8.27. The molecule has 0 bridgehead atoms. The van der Waals surface area contributed by atoms with Crippen molar-refractivity contribution in [3.8, 4) is 0 Å². The van der Waals surface area contributed by atoms with Gasteiger partial charge in [-0.3, -0.25) is 9.59 Å². The lowest BCUT2D eigenvalue weighted by atomic mass is 9.92. The maximum atomic E-state index is 14.4. The van der Waals surface area contributed by atoms with Crippen LogP contribution < -0.4 is 10.6 Å². The minimum Gasteiger partial charge on any atom is -0.349 e. The van der Waals surface area contributed by atoms with Crippen molar-refractivity contribution in [3.05, 3.63) is 62.2 Å². The first kappa shape index (κ1) is 30.8. The van der Waals surface area contributed by atoms with E-state index in [4.69, 9.17) is 0 Å². The van der Waals surface area contributed by atoms with Gasteiger partial charge in [-0.2, -0.15) is 26.3 Å². The summed E-state index contributed by atoms with van der Waals surface area (Å²) in [5.74, 6) is -2.09. The van der Waals surface area contributed by atoms with Gasteiger partial charge in [-0.25, -0.2) is 12.8 Å². The lowest BCUT2D eigenvalue weighted by Gasteiger charge is -2.30. The standard InChI is InChI=1S/C22H20F7IN2O4S/c1-11-9-13(20(23,21(24,25)26)22(27,28)29)7-8-16(11)32-18(33)14-5-4-6-15(30)17(14)19(34)31-12(2)10-37(3,35)36/h4-9,12H,10H2,1-3H3,(H,31,34)(H,32,33)/t12-/m0/s1. The number of carbonyl (C=O) groups excluding carboxylic acids is 2. The summed E-state index contributed by atoms with van der Waals surface area (Å²) in [6.45, 7) is 2.51. The van der Waals surface area contributed by atoms with Crippen LogP contribution in [0.5, 0.6) is 0 Å². The number of aryl methyl sites for hydroxylation is 1. The molecule has 0 saturated heterocycles. The third kappa shape index (κ3) is 6.91. The number of amides is 2. The van der Waals surface area contributed by atoms with Gasteiger partial charge >= 0.3 is 18.0 Å². The van der Waals surface area contributed by atoms with Crippen LogP contribution in [0.25, 0.3) is 0 Å². The van der Waals surface area contributed by atoms with Gasteiger partial charge in [0.25, 0.3) is 11.8 Å². The van der Waals surface area contributed by atoms with E-state index in [1.165, 1.54) is 25.1 Å². The molecule has 15 heteroatoms. The van der Waals surface area contributed by atoms with Gasteiger partial charge in [-0.05, 0) is 60.2 Å². The van der Waals surface area contributed by atoms with Crippen molar-refractivity contribution in [2.75, 3.05) is 17.3 Å². The van der Waals surface area contributed by atoms with Crippen molar-refractivity contribution in [1.82, 2.24) is 5.32 Å². The Morgan fingerprint density at radius 3 is 2.03 bits per heavy atom. The number of carbonyl (C=O) groups is 2. The molecule has 37 heavy (non-hydrogen) atoms. The molecule has 0 aliphatic carbocycles. The zero-order chi connectivity index (χ0) is 28.6. The molecule has 2 aromatic rings. The molecule has 0 spiro atoms. The smallest absolute Gasteiger partial charge is 0.349 e. The van der Waals surface area contributed by atoms with Gasteiger partial charge in [0.15, 0.2) is 0 Å². The van der Waals surface area contributed by atoms with Crippen molar-refractivity contribution in [1.29, 1.82) is 0 Å². The van der Waals surface area contributed by atoms with Crippen molar-refractivity contribution < 1.29 is 48.7 Å². The lowest BCUT2D eigenvalue weighted by Crippen LogP contribution is -2.50. The number of alkyl halides is 7. The molecule has 6 nitrogen and oxygen atoms in total. The van der Waals surface area contributed by atoms with Gasteiger partial charge in [0.05, 0.1) is 16.9 Å². The fourth-order valence-electron chi connectivity index (χ4n) is 3.43. The van der Waals surface area contributed by atoms with Crippen LogP contribution in [0.2, 0.25) is 0 Å². The summed E-state index contributed by atoms with van der Waals surface area (Å²) < 4.78 is 116. The molecule has 2 rings (SSSR count). The Hall–Kier alpha value is -2.43. The van der Waals surface area contributed by atoms with Crippen molar-refractivity contribution in [2.45, 2.75) is 37.9 Å². The molecule has 0 radical (unpaired) electrons. The average molecular weight is 668 g/mol. The van der Waals surface area contributed by atoms with Crippen molar-refractivity contribution in [3.63, 3.8) is 0 Å². The first-order chi connectivity index (χ1) is 16.7. The molecule has 0 aliphatic rings. The summed E-state index contributed by atoms with van der Waals surface area (Å²) in [6, 6.07) is 4.63. The summed E-state index contributed by atoms with van der Waals surface area (Å²) in [6.07, 6.45) is -11.6. The lowest BCUT2D eigenvalue weighted by molar-refractivity contribution is -0.348. The monoisotopic (exact) mass is 668 g/mol.